The average Bonchev–Trinajstić information content (AvgIpc) is 2.89. The highest BCUT2D eigenvalue weighted by molar-refractivity contribution is 5.95. The fourth-order valence-electron chi connectivity index (χ4n) is 2.36. The van der Waals surface area contributed by atoms with E-state index in [0.29, 0.717) is 22.1 Å². The number of nitrogens with zero attached hydrogens (tertiary/aromatic N) is 1. The van der Waals surface area contributed by atoms with Gasteiger partial charge >= 0.3 is 5.97 Å². The number of nitro groups is 1. The summed E-state index contributed by atoms with van der Waals surface area (Å²) in [5.41, 5.74) is 1.26. The van der Waals surface area contributed by atoms with Crippen LogP contribution in [0.15, 0.2) is 46.9 Å². The van der Waals surface area contributed by atoms with Gasteiger partial charge in [0.1, 0.15) is 18.0 Å². The third-order valence-electron chi connectivity index (χ3n) is 3.57. The van der Waals surface area contributed by atoms with Crippen LogP contribution in [0, 0.1) is 22.9 Å². The van der Waals surface area contributed by atoms with E-state index in [4.69, 9.17) is 9.15 Å². The number of benzene rings is 2. The number of halogens is 1. The second-order valence-electron chi connectivity index (χ2n) is 5.20. The van der Waals surface area contributed by atoms with E-state index in [2.05, 4.69) is 0 Å². The minimum absolute atomic E-state index is 0.0129. The molecule has 0 amide bonds. The van der Waals surface area contributed by atoms with E-state index in [1.807, 2.05) is 0 Å². The Morgan fingerprint density at radius 2 is 2.08 bits per heavy atom. The van der Waals surface area contributed by atoms with Gasteiger partial charge in [-0.1, -0.05) is 12.1 Å². The summed E-state index contributed by atoms with van der Waals surface area (Å²) < 4.78 is 23.8. The second kappa shape index (κ2) is 6.11. The lowest BCUT2D eigenvalue weighted by Crippen LogP contribution is -2.05. The molecule has 0 saturated heterocycles. The third-order valence-corrected chi connectivity index (χ3v) is 3.57. The summed E-state index contributed by atoms with van der Waals surface area (Å²) in [6.45, 7) is 1.50. The molecule has 0 saturated carbocycles. The molecular formula is C17H12FNO5. The van der Waals surface area contributed by atoms with Crippen LogP contribution in [0.5, 0.6) is 0 Å². The molecule has 0 spiro atoms. The van der Waals surface area contributed by atoms with Gasteiger partial charge in [0.2, 0.25) is 5.76 Å². The molecule has 0 unspecified atom stereocenters. The van der Waals surface area contributed by atoms with E-state index in [-0.39, 0.29) is 18.1 Å². The summed E-state index contributed by atoms with van der Waals surface area (Å²) in [5.74, 6) is -1.15. The van der Waals surface area contributed by atoms with Crippen LogP contribution in [0.2, 0.25) is 0 Å². The zero-order chi connectivity index (χ0) is 17.3. The van der Waals surface area contributed by atoms with Crippen molar-refractivity contribution in [1.29, 1.82) is 0 Å². The molecule has 3 aromatic rings. The summed E-state index contributed by atoms with van der Waals surface area (Å²) in [5, 5.41) is 11.2. The number of carbonyl (C=O) groups is 1. The summed E-state index contributed by atoms with van der Waals surface area (Å²) in [6.07, 6.45) is 0. The van der Waals surface area contributed by atoms with Gasteiger partial charge < -0.3 is 9.15 Å². The van der Waals surface area contributed by atoms with E-state index in [9.17, 15) is 19.3 Å². The normalized spacial score (nSPS) is 10.8. The van der Waals surface area contributed by atoms with Crippen LogP contribution < -0.4 is 0 Å². The smallest absolute Gasteiger partial charge is 0.374 e. The van der Waals surface area contributed by atoms with Gasteiger partial charge in [-0.05, 0) is 30.7 Å². The predicted octanol–water partition coefficient (Wildman–Crippen LogP) is 4.15. The predicted molar refractivity (Wildman–Crippen MR) is 83.1 cm³/mol. The number of non-ortho nitro benzene ring substituents is 1. The maximum Gasteiger partial charge on any atom is 0.374 e. The third kappa shape index (κ3) is 2.96. The topological polar surface area (TPSA) is 82.6 Å². The molecule has 0 N–H and O–H groups in total. The maximum atomic E-state index is 13.3. The Morgan fingerprint density at radius 3 is 2.83 bits per heavy atom. The fourth-order valence-corrected chi connectivity index (χ4v) is 2.36. The first-order valence-electron chi connectivity index (χ1n) is 7.05. The molecule has 24 heavy (non-hydrogen) atoms. The van der Waals surface area contributed by atoms with Crippen molar-refractivity contribution in [2.75, 3.05) is 0 Å². The largest absolute Gasteiger partial charge is 0.455 e. The zero-order valence-electron chi connectivity index (χ0n) is 12.6. The van der Waals surface area contributed by atoms with Crippen LogP contribution in [-0.2, 0) is 11.3 Å². The van der Waals surface area contributed by atoms with Crippen LogP contribution in [-0.4, -0.2) is 10.9 Å². The molecule has 0 aliphatic rings. The lowest BCUT2D eigenvalue weighted by atomic mass is 10.1. The molecular weight excluding hydrogens is 317 g/mol. The van der Waals surface area contributed by atoms with Gasteiger partial charge in [-0.2, -0.15) is 0 Å². The summed E-state index contributed by atoms with van der Waals surface area (Å²) >= 11 is 0. The van der Waals surface area contributed by atoms with Crippen molar-refractivity contribution in [1.82, 2.24) is 0 Å². The Hall–Kier alpha value is -3.22. The molecule has 3 rings (SSSR count). The quantitative estimate of drug-likeness (QED) is 0.408. The SMILES string of the molecule is Cc1c(C(=O)OCc2cccc([N+](=O)[O-])c2)oc2ccc(F)cc12. The number of hydrogen-bond acceptors (Lipinski definition) is 5. The van der Waals surface area contributed by atoms with Gasteiger partial charge in [0.05, 0.1) is 4.92 Å². The number of carbonyl (C=O) groups excluding carboxylic acids is 1. The Morgan fingerprint density at radius 1 is 1.29 bits per heavy atom. The maximum absolute atomic E-state index is 13.3. The van der Waals surface area contributed by atoms with Crippen LogP contribution in [0.25, 0.3) is 11.0 Å². The minimum Gasteiger partial charge on any atom is -0.455 e. The number of esters is 1. The van der Waals surface area contributed by atoms with E-state index in [1.165, 1.54) is 36.4 Å². The molecule has 0 atom stereocenters. The Balaban J connectivity index is 1.79. The zero-order valence-corrected chi connectivity index (χ0v) is 12.6. The number of furan rings is 1. The van der Waals surface area contributed by atoms with Crippen LogP contribution in [0.3, 0.4) is 0 Å². The highest BCUT2D eigenvalue weighted by atomic mass is 19.1. The van der Waals surface area contributed by atoms with Crippen molar-refractivity contribution >= 4 is 22.6 Å². The highest BCUT2D eigenvalue weighted by Crippen LogP contribution is 2.26. The van der Waals surface area contributed by atoms with Gasteiger partial charge in [0.15, 0.2) is 0 Å². The average molecular weight is 329 g/mol. The Labute approximate surface area is 135 Å². The number of aryl methyl sites for hydroxylation is 1. The molecule has 0 fully saturated rings. The molecule has 0 aliphatic carbocycles. The molecule has 6 nitrogen and oxygen atoms in total. The van der Waals surface area contributed by atoms with Gasteiger partial charge in [-0.15, -0.1) is 0 Å². The number of nitro benzene ring substituents is 1. The molecule has 0 aliphatic heterocycles. The van der Waals surface area contributed by atoms with Crippen molar-refractivity contribution in [3.05, 3.63) is 75.3 Å². The van der Waals surface area contributed by atoms with Gasteiger partial charge in [0, 0.05) is 23.1 Å². The summed E-state index contributed by atoms with van der Waals surface area (Å²) in [4.78, 5) is 22.4. The van der Waals surface area contributed by atoms with Crippen LogP contribution in [0.4, 0.5) is 10.1 Å². The fraction of sp³-hybridized carbons (Fsp3) is 0.118. The second-order valence-corrected chi connectivity index (χ2v) is 5.20. The van der Waals surface area contributed by atoms with Crippen LogP contribution >= 0.6 is 0 Å². The summed E-state index contributed by atoms with van der Waals surface area (Å²) in [6, 6.07) is 9.76. The Kier molecular flexibility index (Phi) is 3.99. The number of rotatable bonds is 4. The first-order chi connectivity index (χ1) is 11.5. The van der Waals surface area contributed by atoms with Crippen molar-refractivity contribution in [3.8, 4) is 0 Å². The van der Waals surface area contributed by atoms with E-state index < -0.39 is 16.7 Å². The molecule has 1 heterocycles. The lowest BCUT2D eigenvalue weighted by molar-refractivity contribution is -0.384. The van der Waals surface area contributed by atoms with Gasteiger partial charge in [-0.3, -0.25) is 10.1 Å². The van der Waals surface area contributed by atoms with Crippen molar-refractivity contribution in [3.63, 3.8) is 0 Å². The van der Waals surface area contributed by atoms with Gasteiger partial charge in [0.25, 0.3) is 5.69 Å². The first kappa shape index (κ1) is 15.7. The van der Waals surface area contributed by atoms with E-state index >= 15 is 0 Å². The van der Waals surface area contributed by atoms with Crippen LogP contribution in [0.1, 0.15) is 21.7 Å². The Bertz CT molecular complexity index is 947. The molecule has 2 aromatic carbocycles. The monoisotopic (exact) mass is 329 g/mol. The van der Waals surface area contributed by atoms with Crippen molar-refractivity contribution in [2.24, 2.45) is 0 Å². The van der Waals surface area contributed by atoms with E-state index in [0.717, 1.165) is 0 Å². The molecule has 1 aromatic heterocycles. The van der Waals surface area contributed by atoms with E-state index in [1.54, 1.807) is 13.0 Å². The first-order valence-corrected chi connectivity index (χ1v) is 7.05. The minimum atomic E-state index is -0.712. The number of hydrogen-bond donors (Lipinski definition) is 0. The van der Waals surface area contributed by atoms with Gasteiger partial charge in [-0.25, -0.2) is 9.18 Å². The van der Waals surface area contributed by atoms with Crippen molar-refractivity contribution < 1.29 is 23.3 Å². The highest BCUT2D eigenvalue weighted by Gasteiger charge is 2.19. The number of fused-ring (bicyclic) bond motifs is 1. The molecule has 7 heteroatoms. The molecule has 0 radical (unpaired) electrons. The lowest BCUT2D eigenvalue weighted by Gasteiger charge is -2.03. The van der Waals surface area contributed by atoms with Crippen molar-refractivity contribution in [2.45, 2.75) is 13.5 Å². The molecule has 0 bridgehead atoms. The number of ether oxygens (including phenoxy) is 1. The molecule has 122 valence electrons. The standard InChI is InChI=1S/C17H12FNO5/c1-10-14-8-12(18)5-6-15(14)24-16(10)17(20)23-9-11-3-2-4-13(7-11)19(21)22/h2-8H,9H2,1H3. The summed E-state index contributed by atoms with van der Waals surface area (Å²) in [7, 11) is 0.